The molecular weight excluding hydrogens is 1060 g/mol. The molecule has 0 unspecified atom stereocenters. The predicted octanol–water partition coefficient (Wildman–Crippen LogP) is 22.3. The third-order valence-electron chi connectivity index (χ3n) is 16.1. The topological polar surface area (TPSA) is 169 Å². The molecule has 0 spiro atoms. The molecule has 0 heterocycles. The minimum absolute atomic E-state index is 0.0981. The van der Waals surface area contributed by atoms with Crippen molar-refractivity contribution in [1.82, 2.24) is 0 Å². The molecular formula is C67H137O10P3. The van der Waals surface area contributed by atoms with Crippen LogP contribution in [0.25, 0.3) is 0 Å². The third-order valence-corrected chi connectivity index (χ3v) is 20.8. The van der Waals surface area contributed by atoms with Crippen LogP contribution in [-0.4, -0.2) is 66.6 Å². The first-order chi connectivity index (χ1) is 38.5. The summed E-state index contributed by atoms with van der Waals surface area (Å²) in [7, 11) is -8.73. The van der Waals surface area contributed by atoms with Crippen molar-refractivity contribution < 1.29 is 48.0 Å². The Morgan fingerprint density at radius 3 is 0.825 bits per heavy atom. The maximum absolute atomic E-state index is 11.0. The Bertz CT molecular complexity index is 1350. The van der Waals surface area contributed by atoms with Gasteiger partial charge in [-0.25, -0.2) is 0 Å². The van der Waals surface area contributed by atoms with Crippen LogP contribution < -0.4 is 0 Å². The maximum atomic E-state index is 11.0. The van der Waals surface area contributed by atoms with Crippen molar-refractivity contribution in [2.24, 2.45) is 0 Å². The summed E-state index contributed by atoms with van der Waals surface area (Å²) in [6, 6.07) is 4.30. The Balaban J connectivity index is 0. The summed E-state index contributed by atoms with van der Waals surface area (Å²) in [5.74, 6) is 0.433. The molecule has 0 saturated heterocycles. The zero-order chi connectivity index (χ0) is 59.7. The molecule has 0 fully saturated rings. The average molecular weight is 1200 g/mol. The second-order valence-corrected chi connectivity index (χ2v) is 30.0. The van der Waals surface area contributed by atoms with Gasteiger partial charge >= 0.3 is 426 Å². The van der Waals surface area contributed by atoms with Crippen molar-refractivity contribution >= 4 is 24.5 Å². The molecule has 7 N–H and O–H groups in total. The molecule has 10 nitrogen and oxygen atoms in total. The van der Waals surface area contributed by atoms with Crippen molar-refractivity contribution in [1.29, 1.82) is 0 Å². The number of phenolic OH excluding ortho intramolecular Hbond substituents is 1. The summed E-state index contributed by atoms with van der Waals surface area (Å²) in [4.78, 5) is 43.4. The Morgan fingerprint density at radius 1 is 0.350 bits per heavy atom. The van der Waals surface area contributed by atoms with E-state index in [4.69, 9.17) is 42.9 Å². The summed E-state index contributed by atoms with van der Waals surface area (Å²) >= 11 is 0. The van der Waals surface area contributed by atoms with Crippen molar-refractivity contribution in [3.8, 4) is 5.75 Å². The summed E-state index contributed by atoms with van der Waals surface area (Å²) in [6.45, 7) is 20.4. The van der Waals surface area contributed by atoms with Crippen LogP contribution in [0.3, 0.4) is 0 Å². The average Bonchev–Trinajstić information content (AvgIpc) is 3.40. The fraction of sp³-hybridized carbons (Fsp3) is 0.910. The van der Waals surface area contributed by atoms with Crippen LogP contribution in [0.2, 0.25) is 0 Å². The van der Waals surface area contributed by atoms with Gasteiger partial charge < -0.3 is 29.4 Å². The van der Waals surface area contributed by atoms with Gasteiger partial charge in [-0.1, -0.05) is 47.0 Å². The number of hydrogen-bond donors (Lipinski definition) is 7. The second kappa shape index (κ2) is 58.0. The first kappa shape index (κ1) is 82.0. The van der Waals surface area contributed by atoms with E-state index in [0.717, 1.165) is 82.7 Å². The van der Waals surface area contributed by atoms with Crippen LogP contribution in [0.5, 0.6) is 5.75 Å². The zero-order valence-corrected chi connectivity index (χ0v) is 56.8. The summed E-state index contributed by atoms with van der Waals surface area (Å²) < 4.78 is 22.8. The fourth-order valence-electron chi connectivity index (χ4n) is 11.1. The quantitative estimate of drug-likeness (QED) is 0.0246. The van der Waals surface area contributed by atoms with E-state index >= 15 is 0 Å². The standard InChI is InChI=1S/C67H131O4P.2H3O3P/c1-9-13-17-21-25-29-33-37-41-45-50-56-69-72(59-53-48-44-40-36-32-28-24-20-16-12-4,70-57-51-46-42-38-34-30-26-22-18-14-10-2,71-58-52-47-43-39-35-31-27-23-19-15-11-3)60-54-49-55-64-62-65(67(6,7)8)66(68)61-63(64)5;2*1-4(2)3/h61-62,68H,9-60H2,1-8H3;2*1-3H. The van der Waals surface area contributed by atoms with Crippen LogP contribution in [0.4, 0.5) is 0 Å². The fourth-order valence-corrected chi connectivity index (χ4v) is 15.6. The second-order valence-electron chi connectivity index (χ2n) is 24.9. The Labute approximate surface area is 499 Å². The van der Waals surface area contributed by atoms with Crippen molar-refractivity contribution in [2.45, 2.75) is 363 Å². The number of benzene rings is 1. The number of hydrogen-bond acceptors (Lipinski definition) is 10. The van der Waals surface area contributed by atoms with E-state index in [2.05, 4.69) is 61.5 Å². The van der Waals surface area contributed by atoms with E-state index in [1.54, 1.807) is 0 Å². The molecule has 0 aliphatic heterocycles. The van der Waals surface area contributed by atoms with Crippen LogP contribution in [-0.2, 0) is 25.4 Å². The molecule has 0 atom stereocenters. The van der Waals surface area contributed by atoms with Crippen molar-refractivity contribution in [3.05, 3.63) is 28.8 Å². The third kappa shape index (κ3) is 52.3. The Kier molecular flexibility index (Phi) is 59.5. The van der Waals surface area contributed by atoms with Crippen molar-refractivity contribution in [2.75, 3.05) is 32.1 Å². The van der Waals surface area contributed by atoms with E-state index in [-0.39, 0.29) is 5.41 Å². The summed E-state index contributed by atoms with van der Waals surface area (Å²) in [6.07, 6.45) is 64.1. The van der Waals surface area contributed by atoms with Crippen LogP contribution >= 0.6 is 24.5 Å². The Hall–Kier alpha value is -0.0500. The van der Waals surface area contributed by atoms with E-state index in [0.29, 0.717) is 5.75 Å². The van der Waals surface area contributed by atoms with Gasteiger partial charge in [0.1, 0.15) is 0 Å². The molecule has 80 heavy (non-hydrogen) atoms. The minimum Gasteiger partial charge on any atom is -0.328 e. The molecule has 13 heteroatoms. The molecule has 0 bridgehead atoms. The van der Waals surface area contributed by atoms with Gasteiger partial charge in [-0.05, 0) is 0 Å². The molecule has 1 rings (SSSR count). The van der Waals surface area contributed by atoms with E-state index in [9.17, 15) is 5.11 Å². The molecule has 480 valence electrons. The van der Waals surface area contributed by atoms with Gasteiger partial charge in [0.15, 0.2) is 0 Å². The first-order valence-corrected chi connectivity index (χ1v) is 38.8. The molecule has 0 saturated carbocycles. The van der Waals surface area contributed by atoms with Gasteiger partial charge in [-0.2, -0.15) is 0 Å². The van der Waals surface area contributed by atoms with Crippen LogP contribution in [0.1, 0.15) is 361 Å². The van der Waals surface area contributed by atoms with E-state index < -0.39 is 24.5 Å². The number of aromatic hydroxyl groups is 1. The van der Waals surface area contributed by atoms with E-state index in [1.165, 1.54) is 268 Å². The van der Waals surface area contributed by atoms with Gasteiger partial charge in [0.25, 0.3) is 0 Å². The molecule has 1 aromatic carbocycles. The summed E-state index contributed by atoms with van der Waals surface area (Å²) in [5.41, 5.74) is 3.53. The summed E-state index contributed by atoms with van der Waals surface area (Å²) in [5, 5.41) is 11.0. The van der Waals surface area contributed by atoms with Gasteiger partial charge in [0.2, 0.25) is 0 Å². The van der Waals surface area contributed by atoms with E-state index in [1.807, 2.05) is 6.07 Å². The van der Waals surface area contributed by atoms with Gasteiger partial charge in [0, 0.05) is 0 Å². The molecule has 0 aromatic heterocycles. The molecule has 1 aromatic rings. The smallest absolute Gasteiger partial charge is 0.328 e. The van der Waals surface area contributed by atoms with Gasteiger partial charge in [-0.3, -0.25) is 0 Å². The minimum atomic E-state index is -3.49. The zero-order valence-electron chi connectivity index (χ0n) is 54.1. The van der Waals surface area contributed by atoms with Gasteiger partial charge in [-0.15, -0.1) is 0 Å². The normalized spacial score (nSPS) is 12.4. The first-order valence-electron chi connectivity index (χ1n) is 34.1. The predicted molar refractivity (Wildman–Crippen MR) is 352 cm³/mol. The molecule has 0 aliphatic carbocycles. The SMILES string of the molecule is CCCCCCCCCCCCCOP(CCCCCCCCCCCCC)(CCCCc1cc(C(C)(C)C)c(O)cc1C)(OCCCCCCCCCCCCC)OCCCCCCCCCCCCC.OP(O)O.OP(O)O. The van der Waals surface area contributed by atoms with Crippen LogP contribution in [0, 0.1) is 6.92 Å². The molecule has 0 radical (unpaired) electrons. The molecule has 0 aliphatic rings. The number of aryl methyl sites for hydroxylation is 2. The van der Waals surface area contributed by atoms with Crippen LogP contribution in [0.15, 0.2) is 12.1 Å². The number of unbranched alkanes of at least 4 members (excludes halogenated alkanes) is 41. The number of rotatable bonds is 56. The number of phenols is 1. The monoisotopic (exact) mass is 1190 g/mol. The Morgan fingerprint density at radius 2 is 0.575 bits per heavy atom. The molecule has 0 amide bonds. The van der Waals surface area contributed by atoms with Crippen molar-refractivity contribution in [3.63, 3.8) is 0 Å². The van der Waals surface area contributed by atoms with Gasteiger partial charge in [0.05, 0.1) is 0 Å².